The largest absolute Gasteiger partial charge is 0.325 e. The number of carbonyl (C=O) groups excluding carboxylic acids is 1. The number of carbonyl (C=O) groups is 1. The summed E-state index contributed by atoms with van der Waals surface area (Å²) >= 11 is 0. The second-order valence-corrected chi connectivity index (χ2v) is 8.07. The molecule has 1 aromatic carbocycles. The highest BCUT2D eigenvalue weighted by Crippen LogP contribution is 2.18. The Kier molecular flexibility index (Phi) is 4.68. The minimum absolute atomic E-state index is 0.0562. The lowest BCUT2D eigenvalue weighted by Crippen LogP contribution is -2.38. The number of amides is 1. The van der Waals surface area contributed by atoms with Gasteiger partial charge in [-0.2, -0.15) is 0 Å². The van der Waals surface area contributed by atoms with Crippen LogP contribution in [0.3, 0.4) is 0 Å². The fourth-order valence-electron chi connectivity index (χ4n) is 2.54. The van der Waals surface area contributed by atoms with Gasteiger partial charge in [0, 0.05) is 11.7 Å². The van der Waals surface area contributed by atoms with E-state index in [0.29, 0.717) is 6.42 Å². The number of sulfone groups is 1. The molecular weight excluding hydrogens is 288 g/mol. The minimum Gasteiger partial charge on any atom is -0.325 e. The predicted molar refractivity (Wildman–Crippen MR) is 84.2 cm³/mol. The maximum absolute atomic E-state index is 12.1. The Hall–Kier alpha value is -1.40. The van der Waals surface area contributed by atoms with Gasteiger partial charge in [-0.1, -0.05) is 12.1 Å². The molecule has 1 amide bonds. The van der Waals surface area contributed by atoms with E-state index in [1.807, 2.05) is 36.9 Å². The van der Waals surface area contributed by atoms with Gasteiger partial charge in [0.15, 0.2) is 9.84 Å². The van der Waals surface area contributed by atoms with Crippen LogP contribution in [0.25, 0.3) is 0 Å². The van der Waals surface area contributed by atoms with Crippen molar-refractivity contribution < 1.29 is 13.2 Å². The number of nitrogens with one attached hydrogen (secondary N) is 1. The van der Waals surface area contributed by atoms with Gasteiger partial charge in [-0.25, -0.2) is 8.42 Å². The van der Waals surface area contributed by atoms with Crippen molar-refractivity contribution in [2.45, 2.75) is 26.3 Å². The van der Waals surface area contributed by atoms with Gasteiger partial charge in [-0.15, -0.1) is 0 Å². The maximum atomic E-state index is 12.1. The highest BCUT2D eigenvalue weighted by atomic mass is 32.2. The van der Waals surface area contributed by atoms with E-state index in [0.717, 1.165) is 16.8 Å². The average molecular weight is 310 g/mol. The molecule has 1 N–H and O–H groups in total. The zero-order valence-corrected chi connectivity index (χ0v) is 13.5. The first kappa shape index (κ1) is 16.0. The Labute approximate surface area is 126 Å². The third-order valence-electron chi connectivity index (χ3n) is 3.89. The second-order valence-electron chi connectivity index (χ2n) is 5.84. The van der Waals surface area contributed by atoms with Gasteiger partial charge in [-0.05, 0) is 44.5 Å². The number of nitrogens with zero attached hydrogens (tertiary/aromatic N) is 1. The normalized spacial score (nSPS) is 20.7. The zero-order valence-electron chi connectivity index (χ0n) is 12.7. The number of benzene rings is 1. The molecule has 1 aliphatic heterocycles. The number of likely N-dealkylation sites (N-methyl/N-ethyl adjacent to an activating group) is 1. The molecule has 1 atom stereocenters. The summed E-state index contributed by atoms with van der Waals surface area (Å²) in [5.41, 5.74) is 2.92. The SMILES string of the molecule is Cc1ccc(C)c(NC(=O)CN(C)C2CCS(=O)(=O)C2)c1. The summed E-state index contributed by atoms with van der Waals surface area (Å²) in [5.74, 6) is 0.261. The van der Waals surface area contributed by atoms with Gasteiger partial charge >= 0.3 is 0 Å². The molecule has 5 nitrogen and oxygen atoms in total. The molecule has 6 heteroatoms. The molecule has 1 fully saturated rings. The molecule has 0 aliphatic carbocycles. The Bertz CT molecular complexity index is 640. The average Bonchev–Trinajstić information content (AvgIpc) is 2.74. The highest BCUT2D eigenvalue weighted by Gasteiger charge is 2.31. The number of hydrogen-bond acceptors (Lipinski definition) is 4. The van der Waals surface area contributed by atoms with E-state index in [1.165, 1.54) is 0 Å². The standard InChI is InChI=1S/C15H22N2O3S/c1-11-4-5-12(2)14(8-11)16-15(18)9-17(3)13-6-7-21(19,20)10-13/h4-5,8,13H,6-7,9-10H2,1-3H3,(H,16,18). The van der Waals surface area contributed by atoms with Gasteiger partial charge in [0.2, 0.25) is 5.91 Å². The number of hydrogen-bond donors (Lipinski definition) is 1. The summed E-state index contributed by atoms with van der Waals surface area (Å²) in [6, 6.07) is 5.85. The monoisotopic (exact) mass is 310 g/mol. The molecule has 0 spiro atoms. The molecular formula is C15H22N2O3S. The molecule has 116 valence electrons. The summed E-state index contributed by atoms with van der Waals surface area (Å²) in [7, 11) is -1.12. The minimum atomic E-state index is -2.92. The van der Waals surface area contributed by atoms with Crippen LogP contribution in [0.1, 0.15) is 17.5 Å². The summed E-state index contributed by atoms with van der Waals surface area (Å²) in [6.45, 7) is 4.13. The van der Waals surface area contributed by atoms with E-state index in [2.05, 4.69) is 5.32 Å². The first-order valence-electron chi connectivity index (χ1n) is 7.04. The van der Waals surface area contributed by atoms with Gasteiger partial charge in [0.1, 0.15) is 0 Å². The van der Waals surface area contributed by atoms with Crippen molar-refractivity contribution in [3.63, 3.8) is 0 Å². The lowest BCUT2D eigenvalue weighted by Gasteiger charge is -2.22. The van der Waals surface area contributed by atoms with Crippen molar-refractivity contribution in [3.05, 3.63) is 29.3 Å². The van der Waals surface area contributed by atoms with Crippen LogP contribution >= 0.6 is 0 Å². The third-order valence-corrected chi connectivity index (χ3v) is 5.64. The Morgan fingerprint density at radius 2 is 2.10 bits per heavy atom. The summed E-state index contributed by atoms with van der Waals surface area (Å²) in [5, 5.41) is 2.90. The van der Waals surface area contributed by atoms with Crippen LogP contribution in [0.2, 0.25) is 0 Å². The van der Waals surface area contributed by atoms with Crippen LogP contribution in [0.4, 0.5) is 5.69 Å². The molecule has 0 radical (unpaired) electrons. The van der Waals surface area contributed by atoms with Crippen molar-refractivity contribution in [2.75, 3.05) is 30.4 Å². The van der Waals surface area contributed by atoms with Crippen molar-refractivity contribution in [3.8, 4) is 0 Å². The quantitative estimate of drug-likeness (QED) is 0.912. The molecule has 1 saturated heterocycles. The van der Waals surface area contributed by atoms with E-state index in [9.17, 15) is 13.2 Å². The summed E-state index contributed by atoms with van der Waals surface area (Å²) in [6.07, 6.45) is 0.607. The second kappa shape index (κ2) is 6.15. The van der Waals surface area contributed by atoms with Crippen molar-refractivity contribution in [1.82, 2.24) is 4.90 Å². The van der Waals surface area contributed by atoms with Gasteiger partial charge in [0.25, 0.3) is 0 Å². The molecule has 2 rings (SSSR count). The Morgan fingerprint density at radius 3 is 2.71 bits per heavy atom. The summed E-state index contributed by atoms with van der Waals surface area (Å²) < 4.78 is 23.0. The lowest BCUT2D eigenvalue weighted by atomic mass is 10.1. The van der Waals surface area contributed by atoms with Crippen LogP contribution in [0.15, 0.2) is 18.2 Å². The molecule has 1 heterocycles. The highest BCUT2D eigenvalue weighted by molar-refractivity contribution is 7.91. The molecule has 0 bridgehead atoms. The topological polar surface area (TPSA) is 66.5 Å². The van der Waals surface area contributed by atoms with Crippen LogP contribution in [0.5, 0.6) is 0 Å². The van der Waals surface area contributed by atoms with E-state index in [4.69, 9.17) is 0 Å². The number of aryl methyl sites for hydroxylation is 2. The molecule has 0 saturated carbocycles. The molecule has 1 unspecified atom stereocenters. The van der Waals surface area contributed by atoms with Gasteiger partial charge < -0.3 is 5.32 Å². The van der Waals surface area contributed by atoms with Crippen molar-refractivity contribution in [1.29, 1.82) is 0 Å². The zero-order chi connectivity index (χ0) is 15.6. The van der Waals surface area contributed by atoms with E-state index < -0.39 is 9.84 Å². The predicted octanol–water partition coefficient (Wildman–Crippen LogP) is 1.36. The maximum Gasteiger partial charge on any atom is 0.238 e. The van der Waals surface area contributed by atoms with Crippen molar-refractivity contribution >= 4 is 21.4 Å². The Balaban J connectivity index is 1.94. The molecule has 0 aromatic heterocycles. The molecule has 1 aliphatic rings. The number of anilines is 1. The Morgan fingerprint density at radius 1 is 1.38 bits per heavy atom. The lowest BCUT2D eigenvalue weighted by molar-refractivity contribution is -0.117. The molecule has 21 heavy (non-hydrogen) atoms. The first-order valence-corrected chi connectivity index (χ1v) is 8.87. The van der Waals surface area contributed by atoms with E-state index in [1.54, 1.807) is 7.05 Å². The van der Waals surface area contributed by atoms with E-state index in [-0.39, 0.29) is 30.0 Å². The van der Waals surface area contributed by atoms with Crippen LogP contribution < -0.4 is 5.32 Å². The van der Waals surface area contributed by atoms with Crippen LogP contribution in [-0.4, -0.2) is 50.4 Å². The first-order chi connectivity index (χ1) is 9.77. The van der Waals surface area contributed by atoms with Crippen LogP contribution in [-0.2, 0) is 14.6 Å². The summed E-state index contributed by atoms with van der Waals surface area (Å²) in [4.78, 5) is 13.9. The van der Waals surface area contributed by atoms with Gasteiger partial charge in [0.05, 0.1) is 18.1 Å². The number of rotatable bonds is 4. The third kappa shape index (κ3) is 4.28. The van der Waals surface area contributed by atoms with Crippen LogP contribution in [0, 0.1) is 13.8 Å². The fraction of sp³-hybridized carbons (Fsp3) is 0.533. The van der Waals surface area contributed by atoms with Crippen molar-refractivity contribution in [2.24, 2.45) is 0 Å². The van der Waals surface area contributed by atoms with Gasteiger partial charge in [-0.3, -0.25) is 9.69 Å². The fourth-order valence-corrected chi connectivity index (χ4v) is 4.34. The molecule has 1 aromatic rings. The van der Waals surface area contributed by atoms with E-state index >= 15 is 0 Å². The smallest absolute Gasteiger partial charge is 0.238 e.